The maximum atomic E-state index is 6.37. The maximum Gasteiger partial charge on any atom is 0.0459 e. The molecule has 3 heteroatoms. The number of anilines is 1. The first-order valence-electron chi connectivity index (χ1n) is 7.26. The summed E-state index contributed by atoms with van der Waals surface area (Å²) in [6.45, 7) is 6.57. The molecule has 2 atom stereocenters. The van der Waals surface area contributed by atoms with Gasteiger partial charge in [-0.2, -0.15) is 0 Å². The van der Waals surface area contributed by atoms with Crippen LogP contribution in [-0.2, 0) is 6.42 Å². The zero-order valence-corrected chi connectivity index (χ0v) is 13.4. The van der Waals surface area contributed by atoms with Crippen LogP contribution >= 0.6 is 11.6 Å². The molecule has 19 heavy (non-hydrogen) atoms. The van der Waals surface area contributed by atoms with Gasteiger partial charge >= 0.3 is 0 Å². The highest BCUT2D eigenvalue weighted by atomic mass is 35.5. The molecule has 1 aromatic carbocycles. The summed E-state index contributed by atoms with van der Waals surface area (Å²) < 4.78 is 0. The molecule has 0 aliphatic carbocycles. The molecule has 0 aliphatic heterocycles. The molecular formula is C16H27ClN2. The standard InChI is InChI=1S/C16H27ClN2/c1-5-7-12(3)19(4)15-9-8-13(16(17)11-15)10-14(18)6-2/h8-9,11-12,14H,5-7,10,18H2,1-4H3. The Labute approximate surface area is 122 Å². The summed E-state index contributed by atoms with van der Waals surface area (Å²) in [6, 6.07) is 7.05. The molecule has 108 valence electrons. The second-order valence-electron chi connectivity index (χ2n) is 5.40. The Hall–Kier alpha value is -0.730. The van der Waals surface area contributed by atoms with Crippen molar-refractivity contribution in [1.82, 2.24) is 0 Å². The van der Waals surface area contributed by atoms with Gasteiger partial charge in [0.15, 0.2) is 0 Å². The molecule has 0 aliphatic rings. The topological polar surface area (TPSA) is 29.3 Å². The van der Waals surface area contributed by atoms with E-state index in [-0.39, 0.29) is 6.04 Å². The molecule has 0 spiro atoms. The smallest absolute Gasteiger partial charge is 0.0459 e. The van der Waals surface area contributed by atoms with E-state index in [1.165, 1.54) is 18.5 Å². The third-order valence-electron chi connectivity index (χ3n) is 3.82. The average molecular weight is 283 g/mol. The fraction of sp³-hybridized carbons (Fsp3) is 0.625. The Bertz CT molecular complexity index is 392. The molecule has 2 nitrogen and oxygen atoms in total. The van der Waals surface area contributed by atoms with Crippen molar-refractivity contribution in [3.8, 4) is 0 Å². The summed E-state index contributed by atoms with van der Waals surface area (Å²) in [5.74, 6) is 0. The summed E-state index contributed by atoms with van der Waals surface area (Å²) in [5.41, 5.74) is 8.32. The molecule has 1 rings (SSSR count). The van der Waals surface area contributed by atoms with Crippen molar-refractivity contribution in [3.63, 3.8) is 0 Å². The molecule has 0 radical (unpaired) electrons. The van der Waals surface area contributed by atoms with Gasteiger partial charge in [0.05, 0.1) is 0 Å². The van der Waals surface area contributed by atoms with Crippen molar-refractivity contribution in [3.05, 3.63) is 28.8 Å². The molecule has 0 bridgehead atoms. The lowest BCUT2D eigenvalue weighted by Crippen LogP contribution is -2.28. The summed E-state index contributed by atoms with van der Waals surface area (Å²) in [4.78, 5) is 2.29. The van der Waals surface area contributed by atoms with Crippen molar-refractivity contribution in [2.45, 2.75) is 58.5 Å². The second kappa shape index (κ2) is 7.76. The van der Waals surface area contributed by atoms with Gasteiger partial charge < -0.3 is 10.6 Å². The zero-order valence-electron chi connectivity index (χ0n) is 12.6. The molecule has 0 saturated carbocycles. The third kappa shape index (κ3) is 4.70. The Morgan fingerprint density at radius 2 is 2.00 bits per heavy atom. The van der Waals surface area contributed by atoms with Gasteiger partial charge in [-0.3, -0.25) is 0 Å². The molecule has 0 saturated heterocycles. The van der Waals surface area contributed by atoms with E-state index in [1.807, 2.05) is 0 Å². The van der Waals surface area contributed by atoms with Gasteiger partial charge in [0, 0.05) is 29.8 Å². The molecule has 0 heterocycles. The first kappa shape index (κ1) is 16.3. The fourth-order valence-corrected chi connectivity index (χ4v) is 2.47. The lowest BCUT2D eigenvalue weighted by molar-refractivity contribution is 0.615. The van der Waals surface area contributed by atoms with E-state index < -0.39 is 0 Å². The maximum absolute atomic E-state index is 6.37. The summed E-state index contributed by atoms with van der Waals surface area (Å²) in [7, 11) is 2.13. The molecule has 0 aromatic heterocycles. The molecule has 0 fully saturated rings. The van der Waals surface area contributed by atoms with Crippen LogP contribution < -0.4 is 10.6 Å². The average Bonchev–Trinajstić information content (AvgIpc) is 2.40. The van der Waals surface area contributed by atoms with Gasteiger partial charge in [0.1, 0.15) is 0 Å². The zero-order chi connectivity index (χ0) is 14.4. The second-order valence-corrected chi connectivity index (χ2v) is 5.80. The number of rotatable bonds is 7. The largest absolute Gasteiger partial charge is 0.372 e. The van der Waals surface area contributed by atoms with Crippen LogP contribution in [-0.4, -0.2) is 19.1 Å². The van der Waals surface area contributed by atoms with Gasteiger partial charge in [0.2, 0.25) is 0 Å². The minimum atomic E-state index is 0.195. The van der Waals surface area contributed by atoms with E-state index in [1.54, 1.807) is 0 Å². The highest BCUT2D eigenvalue weighted by Gasteiger charge is 2.12. The number of nitrogens with zero attached hydrogens (tertiary/aromatic N) is 1. The van der Waals surface area contributed by atoms with Crippen molar-refractivity contribution in [2.75, 3.05) is 11.9 Å². The highest BCUT2D eigenvalue weighted by molar-refractivity contribution is 6.31. The summed E-state index contributed by atoms with van der Waals surface area (Å²) in [5, 5.41) is 0.831. The summed E-state index contributed by atoms with van der Waals surface area (Å²) in [6.07, 6.45) is 4.22. The summed E-state index contributed by atoms with van der Waals surface area (Å²) >= 11 is 6.37. The van der Waals surface area contributed by atoms with Gasteiger partial charge in [-0.25, -0.2) is 0 Å². The first-order chi connectivity index (χ1) is 8.99. The predicted octanol–water partition coefficient (Wildman–Crippen LogP) is 4.24. The van der Waals surface area contributed by atoms with Crippen LogP contribution in [0.4, 0.5) is 5.69 Å². The van der Waals surface area contributed by atoms with Crippen LogP contribution in [0.5, 0.6) is 0 Å². The molecule has 0 amide bonds. The van der Waals surface area contributed by atoms with E-state index >= 15 is 0 Å². The molecule has 2 unspecified atom stereocenters. The Morgan fingerprint density at radius 3 is 2.53 bits per heavy atom. The van der Waals surface area contributed by atoms with Crippen LogP contribution in [0, 0.1) is 0 Å². The molecule has 1 aromatic rings. The number of nitrogens with two attached hydrogens (primary N) is 1. The highest BCUT2D eigenvalue weighted by Crippen LogP contribution is 2.26. The lowest BCUT2D eigenvalue weighted by atomic mass is 10.0. The number of hydrogen-bond acceptors (Lipinski definition) is 2. The van der Waals surface area contributed by atoms with Crippen LogP contribution in [0.1, 0.15) is 45.6 Å². The van der Waals surface area contributed by atoms with E-state index in [0.717, 1.165) is 23.4 Å². The number of hydrogen-bond donors (Lipinski definition) is 1. The number of halogens is 1. The van der Waals surface area contributed by atoms with Crippen LogP contribution in [0.3, 0.4) is 0 Å². The molecule has 2 N–H and O–H groups in total. The van der Waals surface area contributed by atoms with E-state index in [2.05, 4.69) is 50.9 Å². The minimum Gasteiger partial charge on any atom is -0.372 e. The first-order valence-corrected chi connectivity index (χ1v) is 7.64. The van der Waals surface area contributed by atoms with Crippen molar-refractivity contribution in [2.24, 2.45) is 5.73 Å². The van der Waals surface area contributed by atoms with E-state index in [9.17, 15) is 0 Å². The Morgan fingerprint density at radius 1 is 1.32 bits per heavy atom. The quantitative estimate of drug-likeness (QED) is 0.810. The van der Waals surface area contributed by atoms with Crippen LogP contribution in [0.15, 0.2) is 18.2 Å². The monoisotopic (exact) mass is 282 g/mol. The SMILES string of the molecule is CCCC(C)N(C)c1ccc(CC(N)CC)c(Cl)c1. The van der Waals surface area contributed by atoms with Gasteiger partial charge in [-0.1, -0.05) is 37.9 Å². The number of benzene rings is 1. The van der Waals surface area contributed by atoms with Crippen molar-refractivity contribution < 1.29 is 0 Å². The Kier molecular flexibility index (Phi) is 6.67. The van der Waals surface area contributed by atoms with E-state index in [4.69, 9.17) is 17.3 Å². The van der Waals surface area contributed by atoms with E-state index in [0.29, 0.717) is 6.04 Å². The molecular weight excluding hydrogens is 256 g/mol. The van der Waals surface area contributed by atoms with Crippen LogP contribution in [0.25, 0.3) is 0 Å². The fourth-order valence-electron chi connectivity index (χ4n) is 2.21. The Balaban J connectivity index is 2.81. The minimum absolute atomic E-state index is 0.195. The van der Waals surface area contributed by atoms with Crippen molar-refractivity contribution in [1.29, 1.82) is 0 Å². The van der Waals surface area contributed by atoms with Gasteiger partial charge in [0.25, 0.3) is 0 Å². The van der Waals surface area contributed by atoms with Gasteiger partial charge in [-0.05, 0) is 43.9 Å². The van der Waals surface area contributed by atoms with Crippen molar-refractivity contribution >= 4 is 17.3 Å². The normalized spacial score (nSPS) is 14.2. The van der Waals surface area contributed by atoms with Crippen LogP contribution in [0.2, 0.25) is 5.02 Å². The predicted molar refractivity (Wildman–Crippen MR) is 86.2 cm³/mol. The lowest BCUT2D eigenvalue weighted by Gasteiger charge is -2.27. The van der Waals surface area contributed by atoms with Gasteiger partial charge in [-0.15, -0.1) is 0 Å². The third-order valence-corrected chi connectivity index (χ3v) is 4.17.